The maximum atomic E-state index is 5.67. The summed E-state index contributed by atoms with van der Waals surface area (Å²) in [4.78, 5) is 2.89. The Kier molecular flexibility index (Phi) is 12.9. The average molecular weight is 696 g/mol. The molecule has 0 heterocycles. The van der Waals surface area contributed by atoms with Crippen LogP contribution >= 0.6 is 48.9 Å². The summed E-state index contributed by atoms with van der Waals surface area (Å²) in [6.45, 7) is 0. The average Bonchev–Trinajstić information content (AvgIpc) is 3.12. The van der Waals surface area contributed by atoms with Gasteiger partial charge in [0.25, 0.3) is 0 Å². The molecule has 0 aliphatic rings. The van der Waals surface area contributed by atoms with Gasteiger partial charge in [-0.3, -0.25) is 0 Å². The van der Waals surface area contributed by atoms with Crippen LogP contribution in [-0.2, 0) is 16.5 Å². The maximum absolute atomic E-state index is 5.67. The molecule has 0 atom stereocenters. The van der Waals surface area contributed by atoms with E-state index in [-0.39, 0.29) is 16.5 Å². The molecule has 0 N–H and O–H groups in total. The van der Waals surface area contributed by atoms with Gasteiger partial charge >= 0.3 is 0 Å². The van der Waals surface area contributed by atoms with Crippen molar-refractivity contribution in [2.45, 2.75) is 0 Å². The summed E-state index contributed by atoms with van der Waals surface area (Å²) in [6.07, 6.45) is 0. The fourth-order valence-electron chi connectivity index (χ4n) is 4.79. The molecule has 0 aromatic heterocycles. The molecule has 0 saturated carbocycles. The summed E-state index contributed by atoms with van der Waals surface area (Å²) in [7, 11) is 0. The Labute approximate surface area is 297 Å². The Morgan fingerprint density at radius 2 is 0.556 bits per heavy atom. The predicted molar refractivity (Wildman–Crippen MR) is 203 cm³/mol. The molecular formula is C40H28NiS4. The SMILES string of the molecule is S=C(C(=S)c1ccccc1-c1ccccc1)c1ccccc1.S=C(C(=S)c1ccccc1-c1ccccc1)c1ccccc1.[Ni]. The minimum atomic E-state index is 0. The third kappa shape index (κ3) is 8.67. The molecule has 0 spiro atoms. The standard InChI is InChI=1S/2C20H14S2.Ni/c2*21-19(16-11-5-2-6-12-16)20(22)18-14-8-7-13-17(18)15-9-3-1-4-10-15;/h2*1-14H;. The first-order chi connectivity index (χ1) is 21.5. The van der Waals surface area contributed by atoms with Gasteiger partial charge in [0.15, 0.2) is 0 Å². The normalized spacial score (nSPS) is 9.96. The molecule has 222 valence electrons. The molecule has 0 saturated heterocycles. The molecule has 0 aliphatic heterocycles. The molecule has 45 heavy (non-hydrogen) atoms. The van der Waals surface area contributed by atoms with Crippen LogP contribution in [0.5, 0.6) is 0 Å². The molecule has 0 bridgehead atoms. The third-order valence-corrected chi connectivity index (χ3v) is 8.98. The van der Waals surface area contributed by atoms with E-state index in [4.69, 9.17) is 48.9 Å². The van der Waals surface area contributed by atoms with Crippen molar-refractivity contribution in [2.24, 2.45) is 0 Å². The Morgan fingerprint density at radius 3 is 0.889 bits per heavy atom. The van der Waals surface area contributed by atoms with Crippen molar-refractivity contribution < 1.29 is 16.5 Å². The molecule has 0 aliphatic carbocycles. The van der Waals surface area contributed by atoms with E-state index in [1.165, 1.54) is 0 Å². The van der Waals surface area contributed by atoms with Gasteiger partial charge in [0.1, 0.15) is 0 Å². The molecule has 0 unspecified atom stereocenters. The summed E-state index contributed by atoms with van der Waals surface area (Å²) < 4.78 is 0. The summed E-state index contributed by atoms with van der Waals surface area (Å²) in [5.41, 5.74) is 8.54. The van der Waals surface area contributed by atoms with Gasteiger partial charge in [0, 0.05) is 27.6 Å². The van der Waals surface area contributed by atoms with Crippen molar-refractivity contribution in [3.63, 3.8) is 0 Å². The molecule has 6 aromatic rings. The van der Waals surface area contributed by atoms with Crippen LogP contribution in [0.3, 0.4) is 0 Å². The fourth-order valence-corrected chi connectivity index (χ4v) is 5.87. The van der Waals surface area contributed by atoms with Gasteiger partial charge in [0.05, 0.1) is 19.5 Å². The van der Waals surface area contributed by atoms with Crippen molar-refractivity contribution in [2.75, 3.05) is 0 Å². The van der Waals surface area contributed by atoms with Crippen LogP contribution in [0.4, 0.5) is 0 Å². The Morgan fingerprint density at radius 1 is 0.289 bits per heavy atom. The van der Waals surface area contributed by atoms with Crippen molar-refractivity contribution in [1.82, 2.24) is 0 Å². The monoisotopic (exact) mass is 694 g/mol. The van der Waals surface area contributed by atoms with E-state index in [0.29, 0.717) is 0 Å². The molecule has 0 radical (unpaired) electrons. The zero-order chi connectivity index (χ0) is 30.7. The minimum Gasteiger partial charge on any atom is -0.0778 e. The van der Waals surface area contributed by atoms with Crippen molar-refractivity contribution >= 4 is 68.3 Å². The first-order valence-electron chi connectivity index (χ1n) is 14.1. The van der Waals surface area contributed by atoms with Gasteiger partial charge < -0.3 is 0 Å². The molecule has 0 fully saturated rings. The van der Waals surface area contributed by atoms with Crippen LogP contribution in [0.25, 0.3) is 22.3 Å². The third-order valence-electron chi connectivity index (χ3n) is 7.00. The Bertz CT molecular complexity index is 1760. The van der Waals surface area contributed by atoms with E-state index >= 15 is 0 Å². The van der Waals surface area contributed by atoms with E-state index in [0.717, 1.165) is 64.0 Å². The predicted octanol–water partition coefficient (Wildman–Crippen LogP) is 11.0. The molecular weight excluding hydrogens is 667 g/mol. The van der Waals surface area contributed by atoms with Crippen LogP contribution in [0, 0.1) is 0 Å². The first-order valence-corrected chi connectivity index (χ1v) is 15.7. The Hall–Kier alpha value is -3.83. The number of thiocarbonyl (C=S) groups is 4. The maximum Gasteiger partial charge on any atom is 0.0642 e. The smallest absolute Gasteiger partial charge is 0.0642 e. The van der Waals surface area contributed by atoms with Gasteiger partial charge in [-0.05, 0) is 33.4 Å². The van der Waals surface area contributed by atoms with Gasteiger partial charge in [-0.2, -0.15) is 0 Å². The second-order valence-corrected chi connectivity index (χ2v) is 11.5. The number of rotatable bonds is 8. The van der Waals surface area contributed by atoms with E-state index in [1.54, 1.807) is 0 Å². The quantitative estimate of drug-likeness (QED) is 0.0883. The number of benzene rings is 6. The van der Waals surface area contributed by atoms with Crippen molar-refractivity contribution in [3.8, 4) is 22.3 Å². The zero-order valence-electron chi connectivity index (χ0n) is 24.1. The molecule has 0 nitrogen and oxygen atoms in total. The van der Waals surface area contributed by atoms with Crippen LogP contribution in [0.1, 0.15) is 22.3 Å². The summed E-state index contributed by atoms with van der Waals surface area (Å²) in [6, 6.07) is 56.7. The summed E-state index contributed by atoms with van der Waals surface area (Å²) in [5.74, 6) is 0. The molecule has 6 aromatic carbocycles. The van der Waals surface area contributed by atoms with E-state index < -0.39 is 0 Å². The fraction of sp³-hybridized carbons (Fsp3) is 0. The largest absolute Gasteiger partial charge is 0.0778 e. The van der Waals surface area contributed by atoms with Crippen molar-refractivity contribution in [1.29, 1.82) is 0 Å². The van der Waals surface area contributed by atoms with Crippen LogP contribution in [0.2, 0.25) is 0 Å². The van der Waals surface area contributed by atoms with Crippen LogP contribution in [-0.4, -0.2) is 19.5 Å². The number of hydrogen-bond donors (Lipinski definition) is 0. The van der Waals surface area contributed by atoms with Gasteiger partial charge in [-0.25, -0.2) is 0 Å². The molecule has 5 heteroatoms. The van der Waals surface area contributed by atoms with Crippen molar-refractivity contribution in [3.05, 3.63) is 192 Å². The molecule has 6 rings (SSSR count). The summed E-state index contributed by atoms with van der Waals surface area (Å²) >= 11 is 22.5. The van der Waals surface area contributed by atoms with Gasteiger partial charge in [0.2, 0.25) is 0 Å². The Balaban J connectivity index is 0.000000200. The van der Waals surface area contributed by atoms with Gasteiger partial charge in [-0.1, -0.05) is 219 Å². The first kappa shape index (κ1) is 34.1. The van der Waals surface area contributed by atoms with Crippen LogP contribution < -0.4 is 0 Å². The second kappa shape index (κ2) is 17.0. The minimum absolute atomic E-state index is 0. The van der Waals surface area contributed by atoms with E-state index in [9.17, 15) is 0 Å². The van der Waals surface area contributed by atoms with Gasteiger partial charge in [-0.15, -0.1) is 0 Å². The number of hydrogen-bond acceptors (Lipinski definition) is 4. The van der Waals surface area contributed by atoms with Crippen LogP contribution in [0.15, 0.2) is 170 Å². The zero-order valence-corrected chi connectivity index (χ0v) is 28.4. The second-order valence-electron chi connectivity index (χ2n) is 9.87. The van der Waals surface area contributed by atoms with E-state index in [2.05, 4.69) is 36.4 Å². The topological polar surface area (TPSA) is 0 Å². The molecule has 0 amide bonds. The van der Waals surface area contributed by atoms with E-state index in [1.807, 2.05) is 133 Å². The summed E-state index contributed by atoms with van der Waals surface area (Å²) in [5, 5.41) is 0.